The van der Waals surface area contributed by atoms with Crippen molar-refractivity contribution in [2.24, 2.45) is 22.7 Å². The number of hydrogen-bond donors (Lipinski definition) is 6. The maximum atomic E-state index is 8.47. The zero-order valence-electron chi connectivity index (χ0n) is 20.5. The number of aliphatic hydroxyl groups is 6. The molecule has 1 saturated carbocycles. The van der Waals surface area contributed by atoms with Crippen molar-refractivity contribution in [2.75, 3.05) is 40.1 Å². The average Bonchev–Trinajstić information content (AvgIpc) is 3.42. The molecular formula is C22H54O6. The lowest BCUT2D eigenvalue weighted by Gasteiger charge is -2.11. The van der Waals surface area contributed by atoms with Crippen LogP contribution in [0.4, 0.5) is 0 Å². The summed E-state index contributed by atoms with van der Waals surface area (Å²) in [4.78, 5) is 0. The van der Waals surface area contributed by atoms with E-state index in [2.05, 4.69) is 6.92 Å². The van der Waals surface area contributed by atoms with Crippen molar-refractivity contribution in [1.29, 1.82) is 0 Å². The van der Waals surface area contributed by atoms with Crippen LogP contribution in [0.1, 0.15) is 81.6 Å². The molecule has 0 aromatic rings. The highest BCUT2D eigenvalue weighted by molar-refractivity contribution is 4.87. The summed E-state index contributed by atoms with van der Waals surface area (Å²) in [6.45, 7) is 19.5. The summed E-state index contributed by atoms with van der Waals surface area (Å²) in [5.41, 5.74) is 0.444. The van der Waals surface area contributed by atoms with Gasteiger partial charge < -0.3 is 30.6 Å². The Labute approximate surface area is 175 Å². The quantitative estimate of drug-likeness (QED) is 0.420. The predicted molar refractivity (Wildman–Crippen MR) is 120 cm³/mol. The zero-order chi connectivity index (χ0) is 23.8. The van der Waals surface area contributed by atoms with Gasteiger partial charge in [0, 0.05) is 40.1 Å². The molecule has 178 valence electrons. The Morgan fingerprint density at radius 1 is 0.786 bits per heavy atom. The summed E-state index contributed by atoms with van der Waals surface area (Å²) >= 11 is 0. The topological polar surface area (TPSA) is 121 Å². The van der Waals surface area contributed by atoms with Crippen LogP contribution in [0.3, 0.4) is 0 Å². The van der Waals surface area contributed by atoms with Gasteiger partial charge in [-0.05, 0) is 41.9 Å². The molecule has 1 rings (SSSR count). The molecule has 0 bridgehead atoms. The second kappa shape index (κ2) is 26.8. The Morgan fingerprint density at radius 2 is 1.00 bits per heavy atom. The molecule has 1 aliphatic rings. The minimum atomic E-state index is 0.0972. The van der Waals surface area contributed by atoms with Gasteiger partial charge in [-0.15, -0.1) is 0 Å². The third-order valence-corrected chi connectivity index (χ3v) is 2.91. The van der Waals surface area contributed by atoms with Crippen molar-refractivity contribution in [3.8, 4) is 0 Å². The van der Waals surface area contributed by atoms with Gasteiger partial charge in [0.25, 0.3) is 0 Å². The van der Waals surface area contributed by atoms with E-state index in [9.17, 15) is 0 Å². The molecule has 28 heavy (non-hydrogen) atoms. The first-order valence-electron chi connectivity index (χ1n) is 10.3. The minimum Gasteiger partial charge on any atom is -0.400 e. The lowest BCUT2D eigenvalue weighted by molar-refractivity contribution is 0.177. The van der Waals surface area contributed by atoms with Gasteiger partial charge >= 0.3 is 0 Å². The van der Waals surface area contributed by atoms with E-state index in [1.165, 1.54) is 12.8 Å². The molecule has 0 aromatic carbocycles. The van der Waals surface area contributed by atoms with Crippen LogP contribution in [-0.2, 0) is 0 Å². The molecule has 0 spiro atoms. The van der Waals surface area contributed by atoms with Crippen LogP contribution in [-0.4, -0.2) is 70.8 Å². The molecule has 0 aromatic heterocycles. The Balaban J connectivity index is -0.0000000775. The molecule has 0 unspecified atom stereocenters. The molecule has 6 nitrogen and oxygen atoms in total. The van der Waals surface area contributed by atoms with Crippen LogP contribution in [0, 0.1) is 22.7 Å². The van der Waals surface area contributed by atoms with E-state index in [0.29, 0.717) is 43.7 Å². The van der Waals surface area contributed by atoms with Gasteiger partial charge in [0.2, 0.25) is 0 Å². The van der Waals surface area contributed by atoms with E-state index >= 15 is 0 Å². The van der Waals surface area contributed by atoms with Gasteiger partial charge in [-0.1, -0.05) is 62.3 Å². The summed E-state index contributed by atoms with van der Waals surface area (Å²) in [5, 5.41) is 48.0. The molecule has 0 atom stereocenters. The van der Waals surface area contributed by atoms with Crippen LogP contribution in [0.15, 0.2) is 0 Å². The van der Waals surface area contributed by atoms with E-state index in [1.54, 1.807) is 0 Å². The normalized spacial score (nSPS) is 13.1. The fraction of sp³-hybridized carbons (Fsp3) is 1.00. The standard InChI is InChI=1S/C5H10O.C5H12O.2C4H10O.C3H8O.CH4O/c1-5(4-6)2-3-5;1-5(2,3)4-6;2*1-4(2)3-5;1-2-3-4;1-2/h6H,2-4H2,1H3;6H,4H2,1-3H3;2*4-5H,3H2,1-2H3;4H,2-3H2,1H3;2H,1H3. The SMILES string of the molecule is CC(C)(C)CO.CC(C)CO.CC(C)CO.CC1(CO)CC1.CCCO.CO. The maximum absolute atomic E-state index is 8.47. The summed E-state index contributed by atoms with van der Waals surface area (Å²) in [6.07, 6.45) is 3.33. The summed E-state index contributed by atoms with van der Waals surface area (Å²) in [6, 6.07) is 0. The summed E-state index contributed by atoms with van der Waals surface area (Å²) in [7, 11) is 1.00. The van der Waals surface area contributed by atoms with Crippen LogP contribution in [0.5, 0.6) is 0 Å². The molecule has 1 aliphatic carbocycles. The lowest BCUT2D eigenvalue weighted by Crippen LogP contribution is -2.09. The summed E-state index contributed by atoms with van der Waals surface area (Å²) in [5.74, 6) is 0.880. The maximum Gasteiger partial charge on any atom is 0.0484 e. The summed E-state index contributed by atoms with van der Waals surface area (Å²) < 4.78 is 0. The third-order valence-electron chi connectivity index (χ3n) is 2.91. The molecule has 0 radical (unpaired) electrons. The Hall–Kier alpha value is -0.240. The third kappa shape index (κ3) is 63.6. The van der Waals surface area contributed by atoms with Crippen LogP contribution in [0.2, 0.25) is 0 Å². The Bertz CT molecular complexity index is 231. The van der Waals surface area contributed by atoms with Crippen molar-refractivity contribution in [1.82, 2.24) is 0 Å². The molecule has 6 N–H and O–H groups in total. The highest BCUT2D eigenvalue weighted by Gasteiger charge is 2.35. The first-order chi connectivity index (χ1) is 12.8. The first-order valence-corrected chi connectivity index (χ1v) is 10.3. The first kappa shape index (κ1) is 38.4. The predicted octanol–water partition coefficient (Wildman–Crippen LogP) is 3.07. The number of hydrogen-bond acceptors (Lipinski definition) is 6. The van der Waals surface area contributed by atoms with E-state index in [4.69, 9.17) is 30.6 Å². The van der Waals surface area contributed by atoms with Crippen LogP contribution < -0.4 is 0 Å². The van der Waals surface area contributed by atoms with Crippen LogP contribution >= 0.6 is 0 Å². The molecule has 0 saturated heterocycles. The Morgan fingerprint density at radius 3 is 1.00 bits per heavy atom. The fourth-order valence-corrected chi connectivity index (χ4v) is 0.372. The molecule has 0 amide bonds. The minimum absolute atomic E-state index is 0.0972. The molecule has 6 heteroatoms. The van der Waals surface area contributed by atoms with E-state index < -0.39 is 0 Å². The van der Waals surface area contributed by atoms with Crippen molar-refractivity contribution >= 4 is 0 Å². The van der Waals surface area contributed by atoms with Gasteiger partial charge in [-0.2, -0.15) is 0 Å². The van der Waals surface area contributed by atoms with Gasteiger partial charge in [0.05, 0.1) is 0 Å². The molecule has 0 heterocycles. The zero-order valence-corrected chi connectivity index (χ0v) is 20.5. The fourth-order valence-electron chi connectivity index (χ4n) is 0.372. The highest BCUT2D eigenvalue weighted by atomic mass is 16.3. The average molecular weight is 415 g/mol. The van der Waals surface area contributed by atoms with E-state index in [1.807, 2.05) is 55.4 Å². The highest BCUT2D eigenvalue weighted by Crippen LogP contribution is 2.43. The van der Waals surface area contributed by atoms with Gasteiger partial charge in [-0.25, -0.2) is 0 Å². The smallest absolute Gasteiger partial charge is 0.0484 e. The van der Waals surface area contributed by atoms with Crippen molar-refractivity contribution < 1.29 is 30.6 Å². The number of rotatable bonds is 4. The lowest BCUT2D eigenvalue weighted by atomic mass is 9.99. The van der Waals surface area contributed by atoms with E-state index in [0.717, 1.165) is 13.5 Å². The molecular weight excluding hydrogens is 360 g/mol. The molecule has 0 aliphatic heterocycles. The number of aliphatic hydroxyl groups excluding tert-OH is 6. The van der Waals surface area contributed by atoms with E-state index in [-0.39, 0.29) is 12.0 Å². The monoisotopic (exact) mass is 414 g/mol. The second-order valence-corrected chi connectivity index (χ2v) is 9.06. The van der Waals surface area contributed by atoms with Gasteiger partial charge in [0.15, 0.2) is 0 Å². The Kier molecular flexibility index (Phi) is 36.7. The largest absolute Gasteiger partial charge is 0.400 e. The van der Waals surface area contributed by atoms with Crippen molar-refractivity contribution in [3.63, 3.8) is 0 Å². The van der Waals surface area contributed by atoms with Gasteiger partial charge in [0.1, 0.15) is 0 Å². The van der Waals surface area contributed by atoms with Crippen LogP contribution in [0.25, 0.3) is 0 Å². The van der Waals surface area contributed by atoms with Crippen molar-refractivity contribution in [2.45, 2.75) is 81.6 Å². The van der Waals surface area contributed by atoms with Gasteiger partial charge in [-0.3, -0.25) is 0 Å². The molecule has 1 fully saturated rings. The van der Waals surface area contributed by atoms with Crippen molar-refractivity contribution in [3.05, 3.63) is 0 Å². The second-order valence-electron chi connectivity index (χ2n) is 9.06.